The van der Waals surface area contributed by atoms with E-state index in [9.17, 15) is 14.4 Å². The number of aryl methyl sites for hydroxylation is 2. The zero-order valence-electron chi connectivity index (χ0n) is 14.9. The van der Waals surface area contributed by atoms with Crippen molar-refractivity contribution in [2.75, 3.05) is 19.7 Å². The van der Waals surface area contributed by atoms with E-state index in [1.165, 1.54) is 4.68 Å². The lowest BCUT2D eigenvalue weighted by atomic mass is 9.97. The molecular formula is C18H25N3O4. The fourth-order valence-corrected chi connectivity index (χ4v) is 3.69. The smallest absolute Gasteiger partial charge is 0.310 e. The third-order valence-electron chi connectivity index (χ3n) is 5.06. The molecule has 7 nitrogen and oxygen atoms in total. The van der Waals surface area contributed by atoms with E-state index in [4.69, 9.17) is 4.74 Å². The molecule has 3 rings (SSSR count). The summed E-state index contributed by atoms with van der Waals surface area (Å²) in [6.45, 7) is 4.76. The molecule has 136 valence electrons. The van der Waals surface area contributed by atoms with Crippen molar-refractivity contribution in [3.63, 3.8) is 0 Å². The molecule has 25 heavy (non-hydrogen) atoms. The molecule has 7 heteroatoms. The van der Waals surface area contributed by atoms with E-state index < -0.39 is 6.04 Å². The van der Waals surface area contributed by atoms with Crippen molar-refractivity contribution in [3.05, 3.63) is 27.7 Å². The highest BCUT2D eigenvalue weighted by atomic mass is 16.5. The summed E-state index contributed by atoms with van der Waals surface area (Å²) >= 11 is 0. The molecule has 1 aromatic heterocycles. The highest BCUT2D eigenvalue weighted by Gasteiger charge is 2.32. The molecule has 2 heterocycles. The molecule has 1 fully saturated rings. The topological polar surface area (TPSA) is 81.5 Å². The SMILES string of the molecule is CCOC(=O)C1CCCN(C(=O)C(C)n2nc3c(cc2=O)CCC3)C1. The first-order valence-corrected chi connectivity index (χ1v) is 9.08. The molecule has 1 aromatic rings. The molecule has 1 amide bonds. The summed E-state index contributed by atoms with van der Waals surface area (Å²) in [7, 11) is 0. The second-order valence-electron chi connectivity index (χ2n) is 6.80. The number of fused-ring (bicyclic) bond motifs is 1. The minimum atomic E-state index is -0.667. The second-order valence-corrected chi connectivity index (χ2v) is 6.80. The highest BCUT2D eigenvalue weighted by Crippen LogP contribution is 2.22. The number of ether oxygens (including phenoxy) is 1. The lowest BCUT2D eigenvalue weighted by molar-refractivity contribution is -0.151. The van der Waals surface area contributed by atoms with Gasteiger partial charge in [0, 0.05) is 19.2 Å². The van der Waals surface area contributed by atoms with Gasteiger partial charge in [0.2, 0.25) is 5.91 Å². The summed E-state index contributed by atoms with van der Waals surface area (Å²) in [5.74, 6) is -0.698. The normalized spacial score (nSPS) is 20.9. The lowest BCUT2D eigenvalue weighted by Crippen LogP contribution is -2.46. The van der Waals surface area contributed by atoms with Crippen LogP contribution in [-0.4, -0.2) is 46.3 Å². The zero-order chi connectivity index (χ0) is 18.0. The molecule has 1 aliphatic carbocycles. The van der Waals surface area contributed by atoms with Crippen LogP contribution in [0.15, 0.2) is 10.9 Å². The van der Waals surface area contributed by atoms with Crippen LogP contribution in [0, 0.1) is 5.92 Å². The van der Waals surface area contributed by atoms with E-state index in [1.807, 2.05) is 0 Å². The molecule has 2 aliphatic rings. The Labute approximate surface area is 147 Å². The number of nitrogens with zero attached hydrogens (tertiary/aromatic N) is 3. The van der Waals surface area contributed by atoms with Crippen LogP contribution < -0.4 is 5.56 Å². The predicted molar refractivity (Wildman–Crippen MR) is 91.2 cm³/mol. The van der Waals surface area contributed by atoms with Gasteiger partial charge in [-0.1, -0.05) is 0 Å². The van der Waals surface area contributed by atoms with Crippen LogP contribution >= 0.6 is 0 Å². The van der Waals surface area contributed by atoms with E-state index in [0.717, 1.165) is 43.4 Å². The third kappa shape index (κ3) is 3.60. The Morgan fingerprint density at radius 1 is 1.36 bits per heavy atom. The molecule has 1 saturated heterocycles. The number of amides is 1. The molecule has 0 N–H and O–H groups in total. The quantitative estimate of drug-likeness (QED) is 0.762. The average Bonchev–Trinajstić information content (AvgIpc) is 3.07. The zero-order valence-corrected chi connectivity index (χ0v) is 14.9. The van der Waals surface area contributed by atoms with E-state index >= 15 is 0 Å². The van der Waals surface area contributed by atoms with Gasteiger partial charge in [-0.3, -0.25) is 14.4 Å². The Balaban J connectivity index is 1.74. The van der Waals surface area contributed by atoms with Crippen molar-refractivity contribution in [2.24, 2.45) is 5.92 Å². The molecule has 0 saturated carbocycles. The number of aromatic nitrogens is 2. The summed E-state index contributed by atoms with van der Waals surface area (Å²) in [6, 6.07) is 0.941. The summed E-state index contributed by atoms with van der Waals surface area (Å²) in [5.41, 5.74) is 1.68. The number of likely N-dealkylation sites (tertiary alicyclic amines) is 1. The van der Waals surface area contributed by atoms with Gasteiger partial charge in [0.05, 0.1) is 18.2 Å². The van der Waals surface area contributed by atoms with Crippen molar-refractivity contribution >= 4 is 11.9 Å². The first-order valence-electron chi connectivity index (χ1n) is 9.08. The molecule has 1 aliphatic heterocycles. The van der Waals surface area contributed by atoms with E-state index in [1.54, 1.807) is 24.8 Å². The van der Waals surface area contributed by atoms with Gasteiger partial charge >= 0.3 is 5.97 Å². The molecule has 2 atom stereocenters. The molecular weight excluding hydrogens is 322 g/mol. The van der Waals surface area contributed by atoms with Crippen molar-refractivity contribution in [1.29, 1.82) is 0 Å². The fraction of sp³-hybridized carbons (Fsp3) is 0.667. The van der Waals surface area contributed by atoms with Gasteiger partial charge in [-0.15, -0.1) is 0 Å². The molecule has 0 spiro atoms. The summed E-state index contributed by atoms with van der Waals surface area (Å²) in [5, 5.41) is 4.42. The number of carbonyl (C=O) groups excluding carboxylic acids is 2. The second kappa shape index (κ2) is 7.37. The Kier molecular flexibility index (Phi) is 5.20. The van der Waals surface area contributed by atoms with Crippen molar-refractivity contribution in [1.82, 2.24) is 14.7 Å². The Hall–Kier alpha value is -2.18. The maximum absolute atomic E-state index is 12.9. The summed E-state index contributed by atoms with van der Waals surface area (Å²) in [4.78, 5) is 38.8. The molecule has 0 aromatic carbocycles. The van der Waals surface area contributed by atoms with Crippen LogP contribution in [0.5, 0.6) is 0 Å². The van der Waals surface area contributed by atoms with Crippen LogP contribution in [-0.2, 0) is 27.2 Å². The van der Waals surface area contributed by atoms with Gasteiger partial charge in [0.1, 0.15) is 6.04 Å². The minimum Gasteiger partial charge on any atom is -0.466 e. The van der Waals surface area contributed by atoms with E-state index in [-0.39, 0.29) is 23.4 Å². The van der Waals surface area contributed by atoms with Crippen LogP contribution in [0.3, 0.4) is 0 Å². The first kappa shape index (κ1) is 17.6. The fourth-order valence-electron chi connectivity index (χ4n) is 3.69. The molecule has 0 radical (unpaired) electrons. The van der Waals surface area contributed by atoms with Crippen LogP contribution in [0.4, 0.5) is 0 Å². The van der Waals surface area contributed by atoms with Gasteiger partial charge in [0.25, 0.3) is 5.56 Å². The number of carbonyl (C=O) groups is 2. The van der Waals surface area contributed by atoms with E-state index in [0.29, 0.717) is 19.7 Å². The molecule has 2 unspecified atom stereocenters. The highest BCUT2D eigenvalue weighted by molar-refractivity contribution is 5.81. The van der Waals surface area contributed by atoms with Gasteiger partial charge in [-0.25, -0.2) is 4.68 Å². The monoisotopic (exact) mass is 347 g/mol. The Bertz CT molecular complexity index is 728. The number of esters is 1. The maximum atomic E-state index is 12.9. The average molecular weight is 347 g/mol. The largest absolute Gasteiger partial charge is 0.466 e. The van der Waals surface area contributed by atoms with Crippen LogP contribution in [0.2, 0.25) is 0 Å². The number of rotatable bonds is 4. The van der Waals surface area contributed by atoms with Crippen molar-refractivity contribution < 1.29 is 14.3 Å². The third-order valence-corrected chi connectivity index (χ3v) is 5.06. The standard InChI is InChI=1S/C18H25N3O4/c1-3-25-18(24)14-7-5-9-20(11-14)17(23)12(2)21-16(22)10-13-6-4-8-15(13)19-21/h10,12,14H,3-9,11H2,1-2H3. The van der Waals surface area contributed by atoms with Gasteiger partial charge < -0.3 is 9.64 Å². The summed E-state index contributed by atoms with van der Waals surface area (Å²) < 4.78 is 6.37. The first-order chi connectivity index (χ1) is 12.0. The summed E-state index contributed by atoms with van der Waals surface area (Å²) in [6.07, 6.45) is 4.23. The minimum absolute atomic E-state index is 0.165. The number of hydrogen-bond acceptors (Lipinski definition) is 5. The van der Waals surface area contributed by atoms with Crippen molar-refractivity contribution in [3.8, 4) is 0 Å². The van der Waals surface area contributed by atoms with Crippen LogP contribution in [0.25, 0.3) is 0 Å². The van der Waals surface area contributed by atoms with E-state index in [2.05, 4.69) is 5.10 Å². The van der Waals surface area contributed by atoms with Crippen LogP contribution in [0.1, 0.15) is 50.4 Å². The maximum Gasteiger partial charge on any atom is 0.310 e. The Morgan fingerprint density at radius 2 is 2.16 bits per heavy atom. The van der Waals surface area contributed by atoms with Gasteiger partial charge in [-0.2, -0.15) is 5.10 Å². The predicted octanol–water partition coefficient (Wildman–Crippen LogP) is 1.09. The Morgan fingerprint density at radius 3 is 2.92 bits per heavy atom. The van der Waals surface area contributed by atoms with Crippen molar-refractivity contribution in [2.45, 2.75) is 52.0 Å². The molecule has 0 bridgehead atoms. The number of piperidine rings is 1. The van der Waals surface area contributed by atoms with Gasteiger partial charge in [-0.05, 0) is 51.5 Å². The lowest BCUT2D eigenvalue weighted by Gasteiger charge is -2.33. The number of hydrogen-bond donors (Lipinski definition) is 0. The van der Waals surface area contributed by atoms with Gasteiger partial charge in [0.15, 0.2) is 0 Å².